The van der Waals surface area contributed by atoms with Crippen LogP contribution in [0.25, 0.3) is 0 Å². The summed E-state index contributed by atoms with van der Waals surface area (Å²) in [6, 6.07) is 2.22. The van der Waals surface area contributed by atoms with Gasteiger partial charge in [0.1, 0.15) is 0 Å². The molecule has 0 unspecified atom stereocenters. The van der Waals surface area contributed by atoms with Gasteiger partial charge in [-0.3, -0.25) is 4.90 Å². The van der Waals surface area contributed by atoms with Gasteiger partial charge < -0.3 is 0 Å². The van der Waals surface area contributed by atoms with Crippen molar-refractivity contribution >= 4 is 0 Å². The van der Waals surface area contributed by atoms with Crippen molar-refractivity contribution in [2.75, 3.05) is 19.6 Å². The van der Waals surface area contributed by atoms with Crippen LogP contribution in [0.2, 0.25) is 0 Å². The molecule has 76 valence electrons. The average molecular weight is 182 g/mol. The average Bonchev–Trinajstić information content (AvgIpc) is 1.99. The van der Waals surface area contributed by atoms with Gasteiger partial charge in [-0.15, -0.1) is 0 Å². The first-order chi connectivity index (χ1) is 6.06. The lowest BCUT2D eigenvalue weighted by atomic mass is 10.1. The second-order valence-corrected chi connectivity index (χ2v) is 4.47. The van der Waals surface area contributed by atoms with Crippen LogP contribution in [-0.2, 0) is 0 Å². The van der Waals surface area contributed by atoms with Gasteiger partial charge in [-0.2, -0.15) is 5.26 Å². The lowest BCUT2D eigenvalue weighted by Crippen LogP contribution is -2.29. The van der Waals surface area contributed by atoms with E-state index in [1.54, 1.807) is 0 Å². The molecule has 0 aliphatic rings. The highest BCUT2D eigenvalue weighted by Gasteiger charge is 2.06. The van der Waals surface area contributed by atoms with Crippen LogP contribution in [0.15, 0.2) is 0 Å². The molecule has 0 aliphatic heterocycles. The van der Waals surface area contributed by atoms with E-state index < -0.39 is 0 Å². The lowest BCUT2D eigenvalue weighted by Gasteiger charge is -2.21. The molecule has 13 heavy (non-hydrogen) atoms. The van der Waals surface area contributed by atoms with Crippen LogP contribution in [0.4, 0.5) is 0 Å². The topological polar surface area (TPSA) is 27.0 Å². The summed E-state index contributed by atoms with van der Waals surface area (Å²) in [5, 5.41) is 8.62. The van der Waals surface area contributed by atoms with Gasteiger partial charge in [0.25, 0.3) is 0 Å². The molecule has 0 bridgehead atoms. The second kappa shape index (κ2) is 6.91. The van der Waals surface area contributed by atoms with Crippen LogP contribution in [0.1, 0.15) is 34.1 Å². The normalized spacial score (nSPS) is 11.2. The molecule has 0 rings (SSSR count). The third-order valence-corrected chi connectivity index (χ3v) is 1.94. The zero-order valence-electron chi connectivity index (χ0n) is 9.38. The van der Waals surface area contributed by atoms with Crippen LogP contribution in [0, 0.1) is 23.2 Å². The van der Waals surface area contributed by atoms with Crippen molar-refractivity contribution in [3.8, 4) is 6.07 Å². The standard InChI is InChI=1S/C11H22N2/c1-10(2)5-7-13(8-6-12)9-11(3)4/h10-11H,5,7-9H2,1-4H3. The molecule has 2 heteroatoms. The Morgan fingerprint density at radius 3 is 2.15 bits per heavy atom. The van der Waals surface area contributed by atoms with Crippen molar-refractivity contribution < 1.29 is 0 Å². The van der Waals surface area contributed by atoms with Gasteiger partial charge in [0, 0.05) is 6.54 Å². The summed E-state index contributed by atoms with van der Waals surface area (Å²) in [5.41, 5.74) is 0. The Kier molecular flexibility index (Phi) is 6.62. The Morgan fingerprint density at radius 2 is 1.77 bits per heavy atom. The predicted octanol–water partition coefficient (Wildman–Crippen LogP) is 2.51. The quantitative estimate of drug-likeness (QED) is 0.590. The lowest BCUT2D eigenvalue weighted by molar-refractivity contribution is 0.256. The molecule has 0 aliphatic carbocycles. The van der Waals surface area contributed by atoms with Crippen LogP contribution in [-0.4, -0.2) is 24.5 Å². The van der Waals surface area contributed by atoms with Crippen molar-refractivity contribution in [3.05, 3.63) is 0 Å². The molecule has 0 aromatic heterocycles. The fraction of sp³-hybridized carbons (Fsp3) is 0.909. The highest BCUT2D eigenvalue weighted by molar-refractivity contribution is 4.77. The fourth-order valence-corrected chi connectivity index (χ4v) is 1.29. The van der Waals surface area contributed by atoms with Crippen LogP contribution in [0.5, 0.6) is 0 Å². The van der Waals surface area contributed by atoms with E-state index in [4.69, 9.17) is 5.26 Å². The smallest absolute Gasteiger partial charge is 0.0866 e. The number of hydrogen-bond donors (Lipinski definition) is 0. The highest BCUT2D eigenvalue weighted by Crippen LogP contribution is 2.04. The third kappa shape index (κ3) is 7.80. The Bertz CT molecular complexity index is 156. The summed E-state index contributed by atoms with van der Waals surface area (Å²) in [4.78, 5) is 2.24. The van der Waals surface area contributed by atoms with Gasteiger partial charge in [0.15, 0.2) is 0 Å². The first-order valence-corrected chi connectivity index (χ1v) is 5.15. The van der Waals surface area contributed by atoms with E-state index in [-0.39, 0.29) is 0 Å². The summed E-state index contributed by atoms with van der Waals surface area (Å²) < 4.78 is 0. The number of rotatable bonds is 6. The van der Waals surface area contributed by atoms with E-state index in [1.165, 1.54) is 6.42 Å². The van der Waals surface area contributed by atoms with Crippen molar-refractivity contribution in [3.63, 3.8) is 0 Å². The highest BCUT2D eigenvalue weighted by atomic mass is 15.1. The molecular weight excluding hydrogens is 160 g/mol. The molecule has 0 fully saturated rings. The molecule has 0 radical (unpaired) electrons. The maximum Gasteiger partial charge on any atom is 0.0866 e. The molecule has 0 aromatic carbocycles. The largest absolute Gasteiger partial charge is 0.290 e. The zero-order valence-corrected chi connectivity index (χ0v) is 9.38. The summed E-state index contributed by atoms with van der Waals surface area (Å²) in [5.74, 6) is 1.38. The molecule has 0 aromatic rings. The minimum atomic E-state index is 0.574. The van der Waals surface area contributed by atoms with Gasteiger partial charge in [-0.05, 0) is 24.8 Å². The summed E-state index contributed by atoms with van der Waals surface area (Å²) in [6.07, 6.45) is 1.19. The molecule has 0 saturated carbocycles. The van der Waals surface area contributed by atoms with E-state index >= 15 is 0 Å². The van der Waals surface area contributed by atoms with E-state index in [0.717, 1.165) is 19.0 Å². The second-order valence-electron chi connectivity index (χ2n) is 4.47. The Morgan fingerprint density at radius 1 is 1.15 bits per heavy atom. The zero-order chi connectivity index (χ0) is 10.3. The Hall–Kier alpha value is -0.550. The van der Waals surface area contributed by atoms with Crippen LogP contribution < -0.4 is 0 Å². The van der Waals surface area contributed by atoms with E-state index in [9.17, 15) is 0 Å². The van der Waals surface area contributed by atoms with Gasteiger partial charge in [-0.1, -0.05) is 27.7 Å². The van der Waals surface area contributed by atoms with E-state index in [0.29, 0.717) is 12.5 Å². The van der Waals surface area contributed by atoms with E-state index in [2.05, 4.69) is 38.7 Å². The van der Waals surface area contributed by atoms with Gasteiger partial charge in [-0.25, -0.2) is 0 Å². The molecule has 0 saturated heterocycles. The summed E-state index contributed by atoms with van der Waals surface area (Å²) in [6.45, 7) is 11.5. The molecule has 0 atom stereocenters. The van der Waals surface area contributed by atoms with Crippen molar-refractivity contribution in [1.29, 1.82) is 5.26 Å². The van der Waals surface area contributed by atoms with Crippen LogP contribution >= 0.6 is 0 Å². The number of nitriles is 1. The summed E-state index contributed by atoms with van der Waals surface area (Å²) >= 11 is 0. The maximum absolute atomic E-state index is 8.62. The van der Waals surface area contributed by atoms with Crippen LogP contribution in [0.3, 0.4) is 0 Å². The van der Waals surface area contributed by atoms with Crippen molar-refractivity contribution in [1.82, 2.24) is 4.90 Å². The van der Waals surface area contributed by atoms with Crippen molar-refractivity contribution in [2.45, 2.75) is 34.1 Å². The van der Waals surface area contributed by atoms with Gasteiger partial charge in [0.2, 0.25) is 0 Å². The molecule has 0 amide bonds. The minimum Gasteiger partial charge on any atom is -0.290 e. The number of nitrogens with zero attached hydrogens (tertiary/aromatic N) is 2. The van der Waals surface area contributed by atoms with Crippen molar-refractivity contribution in [2.24, 2.45) is 11.8 Å². The third-order valence-electron chi connectivity index (χ3n) is 1.94. The Balaban J connectivity index is 3.74. The first kappa shape index (κ1) is 12.4. The monoisotopic (exact) mass is 182 g/mol. The minimum absolute atomic E-state index is 0.574. The SMILES string of the molecule is CC(C)CCN(CC#N)CC(C)C. The molecular formula is C11H22N2. The number of hydrogen-bond acceptors (Lipinski definition) is 2. The fourth-order valence-electron chi connectivity index (χ4n) is 1.29. The van der Waals surface area contributed by atoms with Gasteiger partial charge >= 0.3 is 0 Å². The maximum atomic E-state index is 8.62. The molecule has 0 spiro atoms. The first-order valence-electron chi connectivity index (χ1n) is 5.15. The molecule has 0 N–H and O–H groups in total. The molecule has 2 nitrogen and oxygen atoms in total. The van der Waals surface area contributed by atoms with Gasteiger partial charge in [0.05, 0.1) is 12.6 Å². The summed E-state index contributed by atoms with van der Waals surface area (Å²) in [7, 11) is 0. The molecule has 0 heterocycles. The Labute approximate surface area is 82.5 Å². The van der Waals surface area contributed by atoms with E-state index in [1.807, 2.05) is 0 Å². The predicted molar refractivity (Wildman–Crippen MR) is 56.3 cm³/mol.